The number of nitrogens with zero attached hydrogens (tertiary/aromatic N) is 2. The van der Waals surface area contributed by atoms with Crippen LogP contribution in [0.15, 0.2) is 18.2 Å². The van der Waals surface area contributed by atoms with Gasteiger partial charge in [0, 0.05) is 31.1 Å². The van der Waals surface area contributed by atoms with Crippen LogP contribution in [0.2, 0.25) is 0 Å². The standard InChI is InChI=1S/C22H26F2N2O2/c1-2-12-26(18-6-4-3-5-7-18)21(27)16-10-13-25(14-11-16)22(28)19-9-8-17(23)15-20(19)24/h1,8-9,15-16,18H,3-7,10-14H2. The predicted octanol–water partition coefficient (Wildman–Crippen LogP) is 3.61. The van der Waals surface area contributed by atoms with Crippen LogP contribution in [0, 0.1) is 29.9 Å². The third kappa shape index (κ3) is 4.52. The predicted molar refractivity (Wildman–Crippen MR) is 102 cm³/mol. The van der Waals surface area contributed by atoms with Crippen molar-refractivity contribution in [2.45, 2.75) is 51.0 Å². The van der Waals surface area contributed by atoms with Gasteiger partial charge in [0.2, 0.25) is 5.91 Å². The Hall–Kier alpha value is -2.42. The van der Waals surface area contributed by atoms with Gasteiger partial charge in [-0.1, -0.05) is 25.2 Å². The number of piperidine rings is 1. The molecule has 2 amide bonds. The van der Waals surface area contributed by atoms with Gasteiger partial charge in [-0.3, -0.25) is 9.59 Å². The summed E-state index contributed by atoms with van der Waals surface area (Å²) < 4.78 is 27.0. The molecule has 28 heavy (non-hydrogen) atoms. The quantitative estimate of drug-likeness (QED) is 0.740. The molecule has 3 rings (SSSR count). The van der Waals surface area contributed by atoms with E-state index in [1.807, 2.05) is 4.90 Å². The van der Waals surface area contributed by atoms with Crippen LogP contribution in [0.4, 0.5) is 8.78 Å². The molecular formula is C22H26F2N2O2. The van der Waals surface area contributed by atoms with E-state index in [9.17, 15) is 18.4 Å². The van der Waals surface area contributed by atoms with Gasteiger partial charge in [0.1, 0.15) is 11.6 Å². The van der Waals surface area contributed by atoms with Crippen LogP contribution in [0.5, 0.6) is 0 Å². The Morgan fingerprint density at radius 2 is 1.79 bits per heavy atom. The highest BCUT2D eigenvalue weighted by atomic mass is 19.1. The molecule has 0 atom stereocenters. The van der Waals surface area contributed by atoms with Crippen molar-refractivity contribution in [2.24, 2.45) is 5.92 Å². The number of amides is 2. The molecule has 6 heteroatoms. The molecule has 150 valence electrons. The van der Waals surface area contributed by atoms with E-state index in [0.29, 0.717) is 38.5 Å². The second kappa shape index (κ2) is 9.18. The van der Waals surface area contributed by atoms with Gasteiger partial charge in [-0.05, 0) is 37.8 Å². The van der Waals surface area contributed by atoms with Crippen molar-refractivity contribution < 1.29 is 18.4 Å². The molecular weight excluding hydrogens is 362 g/mol. The molecule has 0 spiro atoms. The maximum Gasteiger partial charge on any atom is 0.256 e. The molecule has 1 aliphatic carbocycles. The normalized spacial score (nSPS) is 18.5. The lowest BCUT2D eigenvalue weighted by Crippen LogP contribution is -2.48. The van der Waals surface area contributed by atoms with Crippen molar-refractivity contribution in [1.29, 1.82) is 0 Å². The van der Waals surface area contributed by atoms with Gasteiger partial charge in [-0.25, -0.2) is 8.78 Å². The third-order valence-electron chi connectivity index (χ3n) is 5.85. The number of carbonyl (C=O) groups excluding carboxylic acids is 2. The van der Waals surface area contributed by atoms with Crippen LogP contribution < -0.4 is 0 Å². The maximum atomic E-state index is 13.9. The van der Waals surface area contributed by atoms with Gasteiger partial charge >= 0.3 is 0 Å². The van der Waals surface area contributed by atoms with Gasteiger partial charge in [0.15, 0.2) is 0 Å². The smallest absolute Gasteiger partial charge is 0.256 e. The van der Waals surface area contributed by atoms with Gasteiger partial charge in [-0.2, -0.15) is 0 Å². The third-order valence-corrected chi connectivity index (χ3v) is 5.85. The van der Waals surface area contributed by atoms with E-state index in [0.717, 1.165) is 31.7 Å². The fourth-order valence-electron chi connectivity index (χ4n) is 4.28. The summed E-state index contributed by atoms with van der Waals surface area (Å²) in [5, 5.41) is 0. The SMILES string of the molecule is C#CCN(C(=O)C1CCN(C(=O)c2ccc(F)cc2F)CC1)C1CCCCC1. The van der Waals surface area contributed by atoms with Crippen LogP contribution in [-0.2, 0) is 4.79 Å². The highest BCUT2D eigenvalue weighted by molar-refractivity contribution is 5.94. The summed E-state index contributed by atoms with van der Waals surface area (Å²) in [6, 6.07) is 3.17. The topological polar surface area (TPSA) is 40.6 Å². The van der Waals surface area contributed by atoms with Gasteiger partial charge < -0.3 is 9.80 Å². The van der Waals surface area contributed by atoms with E-state index < -0.39 is 17.5 Å². The minimum atomic E-state index is -0.860. The first-order chi connectivity index (χ1) is 13.5. The first-order valence-electron chi connectivity index (χ1n) is 9.99. The number of rotatable bonds is 4. The monoisotopic (exact) mass is 388 g/mol. The summed E-state index contributed by atoms with van der Waals surface area (Å²) >= 11 is 0. The maximum absolute atomic E-state index is 13.9. The molecule has 0 unspecified atom stereocenters. The summed E-state index contributed by atoms with van der Waals surface area (Å²) in [6.07, 6.45) is 12.0. The summed E-state index contributed by atoms with van der Waals surface area (Å²) in [5.74, 6) is 0.482. The second-order valence-electron chi connectivity index (χ2n) is 7.65. The molecule has 0 aromatic heterocycles. The van der Waals surface area contributed by atoms with Gasteiger partial charge in [0.05, 0.1) is 12.1 Å². The van der Waals surface area contributed by atoms with Crippen LogP contribution in [-0.4, -0.2) is 47.3 Å². The van der Waals surface area contributed by atoms with Gasteiger partial charge in [0.25, 0.3) is 5.91 Å². The van der Waals surface area contributed by atoms with E-state index in [4.69, 9.17) is 6.42 Å². The lowest BCUT2D eigenvalue weighted by atomic mass is 9.90. The molecule has 1 aliphatic heterocycles. The Kier molecular flexibility index (Phi) is 6.66. The minimum Gasteiger partial charge on any atom is -0.339 e. The molecule has 1 saturated heterocycles. The largest absolute Gasteiger partial charge is 0.339 e. The highest BCUT2D eigenvalue weighted by Gasteiger charge is 2.34. The van der Waals surface area contributed by atoms with Crippen molar-refractivity contribution in [3.8, 4) is 12.3 Å². The first-order valence-corrected chi connectivity index (χ1v) is 9.99. The lowest BCUT2D eigenvalue weighted by Gasteiger charge is -2.38. The van der Waals surface area contributed by atoms with Crippen LogP contribution in [0.1, 0.15) is 55.3 Å². The number of carbonyl (C=O) groups is 2. The fraction of sp³-hybridized carbons (Fsp3) is 0.545. The molecule has 1 saturated carbocycles. The van der Waals surface area contributed by atoms with Crippen molar-refractivity contribution >= 4 is 11.8 Å². The Morgan fingerprint density at radius 1 is 1.11 bits per heavy atom. The average molecular weight is 388 g/mol. The van der Waals surface area contributed by atoms with E-state index in [2.05, 4.69) is 5.92 Å². The molecule has 1 heterocycles. The molecule has 1 aromatic carbocycles. The minimum absolute atomic E-state index is 0.0740. The highest BCUT2D eigenvalue weighted by Crippen LogP contribution is 2.27. The molecule has 2 fully saturated rings. The van der Waals surface area contributed by atoms with Crippen molar-refractivity contribution in [3.05, 3.63) is 35.4 Å². The molecule has 0 bridgehead atoms. The van der Waals surface area contributed by atoms with Crippen LogP contribution >= 0.6 is 0 Å². The average Bonchev–Trinajstić information content (AvgIpc) is 2.72. The number of hydrogen-bond acceptors (Lipinski definition) is 2. The Balaban J connectivity index is 1.61. The second-order valence-corrected chi connectivity index (χ2v) is 7.65. The molecule has 1 aromatic rings. The number of likely N-dealkylation sites (tertiary alicyclic amines) is 1. The van der Waals surface area contributed by atoms with E-state index in [1.54, 1.807) is 0 Å². The zero-order chi connectivity index (χ0) is 20.1. The van der Waals surface area contributed by atoms with Crippen LogP contribution in [0.25, 0.3) is 0 Å². The van der Waals surface area contributed by atoms with Crippen molar-refractivity contribution in [3.63, 3.8) is 0 Å². The van der Waals surface area contributed by atoms with E-state index in [-0.39, 0.29) is 23.4 Å². The number of terminal acetylenes is 1. The Morgan fingerprint density at radius 3 is 2.39 bits per heavy atom. The van der Waals surface area contributed by atoms with E-state index in [1.165, 1.54) is 17.4 Å². The van der Waals surface area contributed by atoms with Crippen molar-refractivity contribution in [1.82, 2.24) is 9.80 Å². The summed E-state index contributed by atoms with van der Waals surface area (Å²) in [7, 11) is 0. The number of benzene rings is 1. The summed E-state index contributed by atoms with van der Waals surface area (Å²) in [4.78, 5) is 29.0. The number of halogens is 2. The number of hydrogen-bond donors (Lipinski definition) is 0. The lowest BCUT2D eigenvalue weighted by molar-refractivity contribution is -0.139. The van der Waals surface area contributed by atoms with Crippen LogP contribution in [0.3, 0.4) is 0 Å². The summed E-state index contributed by atoms with van der Waals surface area (Å²) in [6.45, 7) is 1.07. The first kappa shape index (κ1) is 20.3. The van der Waals surface area contributed by atoms with Gasteiger partial charge in [-0.15, -0.1) is 6.42 Å². The Bertz CT molecular complexity index is 760. The summed E-state index contributed by atoms with van der Waals surface area (Å²) in [5.41, 5.74) is -0.137. The fourth-order valence-corrected chi connectivity index (χ4v) is 4.28. The molecule has 2 aliphatic rings. The molecule has 0 radical (unpaired) electrons. The van der Waals surface area contributed by atoms with E-state index >= 15 is 0 Å². The molecule has 4 nitrogen and oxygen atoms in total. The molecule has 0 N–H and O–H groups in total. The van der Waals surface area contributed by atoms with Crippen molar-refractivity contribution in [2.75, 3.05) is 19.6 Å². The zero-order valence-electron chi connectivity index (χ0n) is 16.0. The zero-order valence-corrected chi connectivity index (χ0v) is 16.0. The Labute approximate surface area is 164 Å².